The number of carbonyl (C=O) groups is 1. The second-order valence-electron chi connectivity index (χ2n) is 7.34. The van der Waals surface area contributed by atoms with Crippen molar-refractivity contribution in [3.63, 3.8) is 0 Å². The molecule has 1 amide bonds. The Morgan fingerprint density at radius 3 is 2.42 bits per heavy atom. The lowest BCUT2D eigenvalue weighted by Crippen LogP contribution is -2.36. The third-order valence-electron chi connectivity index (χ3n) is 4.50. The molecule has 1 N–H and O–H groups in total. The lowest BCUT2D eigenvalue weighted by atomic mass is 9.78. The summed E-state index contributed by atoms with van der Waals surface area (Å²) in [6, 6.07) is 7.82. The maximum absolute atomic E-state index is 12.0. The Hall–Kier alpha value is -1.59. The van der Waals surface area contributed by atoms with Gasteiger partial charge in [0.25, 0.3) is 0 Å². The highest BCUT2D eigenvalue weighted by Crippen LogP contribution is 2.41. The number of rotatable bonds is 4. The van der Waals surface area contributed by atoms with E-state index in [-0.39, 0.29) is 5.60 Å². The molecule has 1 aliphatic rings. The molecule has 0 bridgehead atoms. The van der Waals surface area contributed by atoms with Crippen molar-refractivity contribution in [1.29, 1.82) is 0 Å². The first-order chi connectivity index (χ1) is 11.3. The number of anilines is 1. The fraction of sp³-hybridized carbons (Fsp3) is 0.632. The van der Waals surface area contributed by atoms with Crippen molar-refractivity contribution in [3.8, 4) is 0 Å². The summed E-state index contributed by atoms with van der Waals surface area (Å²) in [6.07, 6.45) is 3.59. The molecule has 0 aromatic heterocycles. The van der Waals surface area contributed by atoms with Crippen LogP contribution in [-0.2, 0) is 19.8 Å². The number of methoxy groups -OCH3 is 2. The highest BCUT2D eigenvalue weighted by atomic mass is 16.6. The van der Waals surface area contributed by atoms with Gasteiger partial charge in [0.15, 0.2) is 0 Å². The standard InChI is InChI=1S/C19H29NO4/c1-18(2,3)24-17(21)20-15-8-6-7-14(13-15)19(23-5)11-9-16(22-4)10-12-19/h6-8,13,16H,9-12H2,1-5H3,(H,20,21)/t16-,19-. The molecule has 1 aromatic carbocycles. The van der Waals surface area contributed by atoms with E-state index in [0.29, 0.717) is 11.8 Å². The largest absolute Gasteiger partial charge is 0.444 e. The zero-order chi connectivity index (χ0) is 17.8. The lowest BCUT2D eigenvalue weighted by Gasteiger charge is -2.39. The first-order valence-electron chi connectivity index (χ1n) is 8.46. The highest BCUT2D eigenvalue weighted by Gasteiger charge is 2.37. The number of hydrogen-bond donors (Lipinski definition) is 1. The molecule has 0 saturated heterocycles. The lowest BCUT2D eigenvalue weighted by molar-refractivity contribution is -0.0761. The fourth-order valence-corrected chi connectivity index (χ4v) is 3.21. The minimum atomic E-state index is -0.520. The van der Waals surface area contributed by atoms with Gasteiger partial charge in [0, 0.05) is 19.9 Å². The van der Waals surface area contributed by atoms with Crippen LogP contribution in [-0.4, -0.2) is 32.0 Å². The molecule has 0 aliphatic heterocycles. The van der Waals surface area contributed by atoms with Gasteiger partial charge < -0.3 is 14.2 Å². The van der Waals surface area contributed by atoms with Gasteiger partial charge in [-0.05, 0) is 64.2 Å². The van der Waals surface area contributed by atoms with E-state index in [1.165, 1.54) is 0 Å². The van der Waals surface area contributed by atoms with Crippen LogP contribution in [0, 0.1) is 0 Å². The van der Waals surface area contributed by atoms with E-state index in [0.717, 1.165) is 31.2 Å². The van der Waals surface area contributed by atoms with Gasteiger partial charge in [-0.1, -0.05) is 12.1 Å². The van der Waals surface area contributed by atoms with E-state index in [1.54, 1.807) is 14.2 Å². The van der Waals surface area contributed by atoms with E-state index in [2.05, 4.69) is 11.4 Å². The molecule has 0 spiro atoms. The molecule has 1 aromatic rings. The van der Waals surface area contributed by atoms with Crippen LogP contribution in [0.2, 0.25) is 0 Å². The molecule has 2 rings (SSSR count). The smallest absolute Gasteiger partial charge is 0.412 e. The summed E-state index contributed by atoms with van der Waals surface area (Å²) in [5, 5.41) is 2.80. The average Bonchev–Trinajstić information content (AvgIpc) is 2.53. The molecule has 0 heterocycles. The zero-order valence-corrected chi connectivity index (χ0v) is 15.3. The van der Waals surface area contributed by atoms with E-state index in [1.807, 2.05) is 39.0 Å². The van der Waals surface area contributed by atoms with Crippen LogP contribution in [0.25, 0.3) is 0 Å². The Bertz CT molecular complexity index is 557. The van der Waals surface area contributed by atoms with Crippen molar-refractivity contribution >= 4 is 11.8 Å². The van der Waals surface area contributed by atoms with Crippen LogP contribution >= 0.6 is 0 Å². The van der Waals surface area contributed by atoms with Crippen molar-refractivity contribution in [2.24, 2.45) is 0 Å². The Kier molecular flexibility index (Phi) is 5.88. The second-order valence-corrected chi connectivity index (χ2v) is 7.34. The van der Waals surface area contributed by atoms with Gasteiger partial charge in [0.1, 0.15) is 5.60 Å². The third kappa shape index (κ3) is 4.71. The van der Waals surface area contributed by atoms with Gasteiger partial charge in [-0.15, -0.1) is 0 Å². The zero-order valence-electron chi connectivity index (χ0n) is 15.3. The minimum absolute atomic E-state index is 0.302. The Labute approximate surface area is 144 Å². The summed E-state index contributed by atoms with van der Waals surface area (Å²) < 4.78 is 16.7. The van der Waals surface area contributed by atoms with Gasteiger partial charge in [0.05, 0.1) is 11.7 Å². The maximum atomic E-state index is 12.0. The van der Waals surface area contributed by atoms with Crippen molar-refractivity contribution in [2.45, 2.75) is 63.8 Å². The Morgan fingerprint density at radius 1 is 1.21 bits per heavy atom. The minimum Gasteiger partial charge on any atom is -0.444 e. The van der Waals surface area contributed by atoms with Crippen molar-refractivity contribution in [1.82, 2.24) is 0 Å². The Balaban J connectivity index is 2.12. The fourth-order valence-electron chi connectivity index (χ4n) is 3.21. The molecule has 1 aliphatic carbocycles. The molecule has 24 heavy (non-hydrogen) atoms. The molecule has 1 saturated carbocycles. The summed E-state index contributed by atoms with van der Waals surface area (Å²) in [5.74, 6) is 0. The number of hydrogen-bond acceptors (Lipinski definition) is 4. The van der Waals surface area contributed by atoms with Gasteiger partial charge in [0.2, 0.25) is 0 Å². The molecule has 1 fully saturated rings. The molecule has 0 radical (unpaired) electrons. The average molecular weight is 335 g/mol. The van der Waals surface area contributed by atoms with Crippen LogP contribution in [0.15, 0.2) is 24.3 Å². The topological polar surface area (TPSA) is 56.8 Å². The number of carbonyl (C=O) groups excluding carboxylic acids is 1. The SMILES string of the molecule is CO[C@H]1CC[C@@](OC)(c2cccc(NC(=O)OC(C)(C)C)c2)CC1. The highest BCUT2D eigenvalue weighted by molar-refractivity contribution is 5.85. The molecule has 5 heteroatoms. The molecule has 0 unspecified atom stereocenters. The Morgan fingerprint density at radius 2 is 1.88 bits per heavy atom. The summed E-state index contributed by atoms with van der Waals surface area (Å²) in [7, 11) is 3.51. The first-order valence-corrected chi connectivity index (χ1v) is 8.46. The summed E-state index contributed by atoms with van der Waals surface area (Å²) >= 11 is 0. The van der Waals surface area contributed by atoms with Gasteiger partial charge in [-0.3, -0.25) is 5.32 Å². The van der Waals surface area contributed by atoms with Crippen molar-refractivity contribution in [3.05, 3.63) is 29.8 Å². The number of benzene rings is 1. The maximum Gasteiger partial charge on any atom is 0.412 e. The predicted octanol–water partition coefficient (Wildman–Crippen LogP) is 4.46. The normalized spacial score (nSPS) is 24.5. The third-order valence-corrected chi connectivity index (χ3v) is 4.50. The van der Waals surface area contributed by atoms with Gasteiger partial charge in [-0.25, -0.2) is 4.79 Å². The summed E-state index contributed by atoms with van der Waals surface area (Å²) in [6.45, 7) is 5.53. The first kappa shape index (κ1) is 18.7. The van der Waals surface area contributed by atoms with Gasteiger partial charge >= 0.3 is 6.09 Å². The number of ether oxygens (including phenoxy) is 3. The van der Waals surface area contributed by atoms with Crippen LogP contribution < -0.4 is 5.32 Å². The summed E-state index contributed by atoms with van der Waals surface area (Å²) in [5.41, 5.74) is 0.953. The van der Waals surface area contributed by atoms with E-state index >= 15 is 0 Å². The molecule has 134 valence electrons. The monoisotopic (exact) mass is 335 g/mol. The van der Waals surface area contributed by atoms with E-state index in [4.69, 9.17) is 14.2 Å². The van der Waals surface area contributed by atoms with Crippen LogP contribution in [0.5, 0.6) is 0 Å². The predicted molar refractivity (Wildman–Crippen MR) is 94.3 cm³/mol. The second kappa shape index (κ2) is 7.53. The van der Waals surface area contributed by atoms with E-state index in [9.17, 15) is 4.79 Å². The molecule has 5 nitrogen and oxygen atoms in total. The van der Waals surface area contributed by atoms with Crippen LogP contribution in [0.4, 0.5) is 10.5 Å². The number of nitrogens with one attached hydrogen (secondary N) is 1. The number of amides is 1. The van der Waals surface area contributed by atoms with Crippen LogP contribution in [0.3, 0.4) is 0 Å². The van der Waals surface area contributed by atoms with Crippen molar-refractivity contribution in [2.75, 3.05) is 19.5 Å². The van der Waals surface area contributed by atoms with Crippen molar-refractivity contribution < 1.29 is 19.0 Å². The van der Waals surface area contributed by atoms with Gasteiger partial charge in [-0.2, -0.15) is 0 Å². The van der Waals surface area contributed by atoms with Crippen LogP contribution in [0.1, 0.15) is 52.0 Å². The molecule has 0 atom stereocenters. The molecular formula is C19H29NO4. The van der Waals surface area contributed by atoms with E-state index < -0.39 is 11.7 Å². The quantitative estimate of drug-likeness (QED) is 0.882. The summed E-state index contributed by atoms with van der Waals surface area (Å²) in [4.78, 5) is 12.0. The molecular weight excluding hydrogens is 306 g/mol.